The molecule has 2 aromatic heterocycles. The number of benzene rings is 1. The molecule has 1 saturated heterocycles. The minimum atomic E-state index is -4.50. The number of hydrogen-bond donors (Lipinski definition) is 2. The third kappa shape index (κ3) is 6.26. The summed E-state index contributed by atoms with van der Waals surface area (Å²) in [5.41, 5.74) is 0.497. The number of amides is 2. The van der Waals surface area contributed by atoms with Crippen LogP contribution in [0.5, 0.6) is 5.88 Å². The summed E-state index contributed by atoms with van der Waals surface area (Å²) in [6.07, 6.45) is -0.201. The molecular formula is C27H29F3N6O4. The lowest BCUT2D eigenvalue weighted by Gasteiger charge is -2.35. The van der Waals surface area contributed by atoms with Crippen molar-refractivity contribution in [1.82, 2.24) is 15.0 Å². The number of carbonyl (C=O) groups is 1. The van der Waals surface area contributed by atoms with Crippen molar-refractivity contribution in [3.8, 4) is 17.3 Å². The molecule has 40 heavy (non-hydrogen) atoms. The molecule has 0 radical (unpaired) electrons. The van der Waals surface area contributed by atoms with Crippen molar-refractivity contribution in [2.24, 2.45) is 0 Å². The highest BCUT2D eigenvalue weighted by molar-refractivity contribution is 6.04. The number of aromatic nitrogens is 3. The van der Waals surface area contributed by atoms with E-state index in [0.717, 1.165) is 12.1 Å². The molecule has 1 fully saturated rings. The summed E-state index contributed by atoms with van der Waals surface area (Å²) < 4.78 is 50.6. The van der Waals surface area contributed by atoms with Gasteiger partial charge in [-0.2, -0.15) is 13.2 Å². The van der Waals surface area contributed by atoms with E-state index in [1.165, 1.54) is 18.3 Å². The Morgan fingerprint density at radius 3 is 2.70 bits per heavy atom. The van der Waals surface area contributed by atoms with Gasteiger partial charge in [-0.15, -0.1) is 0 Å². The summed E-state index contributed by atoms with van der Waals surface area (Å²) in [6, 6.07) is 7.51. The number of rotatable bonds is 8. The highest BCUT2D eigenvalue weighted by Crippen LogP contribution is 2.40. The molecule has 0 saturated carbocycles. The van der Waals surface area contributed by atoms with E-state index < -0.39 is 23.6 Å². The summed E-state index contributed by atoms with van der Waals surface area (Å²) >= 11 is 0. The molecule has 1 unspecified atom stereocenters. The van der Waals surface area contributed by atoms with Gasteiger partial charge >= 0.3 is 12.2 Å². The number of halogens is 3. The number of nitrogens with one attached hydrogen (secondary N) is 1. The first kappa shape index (κ1) is 27.6. The van der Waals surface area contributed by atoms with Gasteiger partial charge in [-0.3, -0.25) is 4.90 Å². The fourth-order valence-electron chi connectivity index (χ4n) is 4.63. The Kier molecular flexibility index (Phi) is 7.51. The van der Waals surface area contributed by atoms with E-state index in [9.17, 15) is 23.1 Å². The molecule has 212 valence electrons. The number of urea groups is 1. The second kappa shape index (κ2) is 10.9. The van der Waals surface area contributed by atoms with E-state index in [-0.39, 0.29) is 17.4 Å². The molecule has 4 heterocycles. The molecule has 10 nitrogen and oxygen atoms in total. The average molecular weight is 559 g/mol. The Hall–Kier alpha value is -3.97. The van der Waals surface area contributed by atoms with Crippen molar-refractivity contribution in [2.45, 2.75) is 44.7 Å². The molecule has 1 aromatic carbocycles. The number of hydrogen-bond acceptors (Lipinski definition) is 8. The maximum Gasteiger partial charge on any atom is 0.416 e. The van der Waals surface area contributed by atoms with E-state index in [4.69, 9.17) is 9.47 Å². The van der Waals surface area contributed by atoms with Crippen LogP contribution in [0, 0.1) is 0 Å². The molecule has 3 aromatic rings. The zero-order valence-electron chi connectivity index (χ0n) is 22.0. The van der Waals surface area contributed by atoms with Gasteiger partial charge in [0.25, 0.3) is 0 Å². The van der Waals surface area contributed by atoms with E-state index >= 15 is 0 Å². The van der Waals surface area contributed by atoms with Crippen LogP contribution in [0.2, 0.25) is 0 Å². The topological polar surface area (TPSA) is 113 Å². The van der Waals surface area contributed by atoms with Crippen LogP contribution in [0.15, 0.2) is 48.8 Å². The van der Waals surface area contributed by atoms with Gasteiger partial charge in [0.2, 0.25) is 5.88 Å². The summed E-state index contributed by atoms with van der Waals surface area (Å²) in [5, 5.41) is 12.4. The first-order valence-electron chi connectivity index (χ1n) is 12.8. The van der Waals surface area contributed by atoms with Crippen LogP contribution in [-0.4, -0.2) is 64.2 Å². The molecule has 1 atom stereocenters. The maximum absolute atomic E-state index is 13.5. The fraction of sp³-hybridized carbons (Fsp3) is 0.407. The van der Waals surface area contributed by atoms with Crippen LogP contribution in [0.25, 0.3) is 11.4 Å². The highest BCUT2D eigenvalue weighted by Gasteiger charge is 2.41. The van der Waals surface area contributed by atoms with Crippen LogP contribution in [0.4, 0.5) is 35.2 Å². The molecule has 13 heteroatoms. The number of anilines is 3. The Bertz CT molecular complexity index is 1360. The minimum absolute atomic E-state index is 0.0984. The van der Waals surface area contributed by atoms with Crippen LogP contribution in [-0.2, 0) is 10.9 Å². The Labute approximate surface area is 228 Å². The third-order valence-electron chi connectivity index (χ3n) is 6.50. The van der Waals surface area contributed by atoms with Crippen LogP contribution >= 0.6 is 0 Å². The third-order valence-corrected chi connectivity index (χ3v) is 6.50. The Morgan fingerprint density at radius 2 is 1.98 bits per heavy atom. The number of ether oxygens (including phenoxy) is 2. The molecule has 5 rings (SSSR count). The summed E-state index contributed by atoms with van der Waals surface area (Å²) in [7, 11) is 0. The maximum atomic E-state index is 13.5. The lowest BCUT2D eigenvalue weighted by Crippen LogP contribution is -2.48. The lowest BCUT2D eigenvalue weighted by molar-refractivity contribution is -0.176. The lowest BCUT2D eigenvalue weighted by atomic mass is 10.1. The predicted octanol–water partition coefficient (Wildman–Crippen LogP) is 4.70. The van der Waals surface area contributed by atoms with Crippen LogP contribution in [0.3, 0.4) is 0 Å². The molecule has 2 aliphatic heterocycles. The van der Waals surface area contributed by atoms with Gasteiger partial charge in [-0.1, -0.05) is 12.1 Å². The van der Waals surface area contributed by atoms with Gasteiger partial charge in [0, 0.05) is 31.1 Å². The first-order chi connectivity index (χ1) is 19.0. The molecule has 2 aliphatic rings. The van der Waals surface area contributed by atoms with Gasteiger partial charge in [0.15, 0.2) is 17.4 Å². The average Bonchev–Trinajstić information content (AvgIpc) is 3.32. The number of carbonyl (C=O) groups excluding carboxylic acids is 1. The van der Waals surface area contributed by atoms with Gasteiger partial charge in [0.1, 0.15) is 0 Å². The van der Waals surface area contributed by atoms with Crippen molar-refractivity contribution in [3.63, 3.8) is 0 Å². The summed E-state index contributed by atoms with van der Waals surface area (Å²) in [6.45, 7) is 5.08. The molecule has 2 N–H and O–H groups in total. The standard InChI is InChI=1S/C27H29F3N6O4/c1-26(2,38)40-12-4-11-39-22-8-7-19(14-31-22)33-25(37)36-20-9-10-35(16-20)21-15-32-23(34-24(21)36)17-5-3-6-18(13-17)27(28,29)30/h3,5-8,13-15,20,38H,4,9-12,16H2,1-2H3,(H,33,37). The van der Waals surface area contributed by atoms with Gasteiger partial charge < -0.3 is 24.8 Å². The van der Waals surface area contributed by atoms with Gasteiger partial charge in [0.05, 0.1) is 48.6 Å². The van der Waals surface area contributed by atoms with Crippen molar-refractivity contribution in [3.05, 3.63) is 54.4 Å². The van der Waals surface area contributed by atoms with Crippen LogP contribution < -0.4 is 19.9 Å². The molecule has 0 spiro atoms. The number of pyridine rings is 1. The Morgan fingerprint density at radius 1 is 1.15 bits per heavy atom. The number of aliphatic hydroxyl groups is 1. The second-order valence-corrected chi connectivity index (χ2v) is 10.1. The number of nitrogens with zero attached hydrogens (tertiary/aromatic N) is 5. The number of alkyl halides is 3. The Balaban J connectivity index is 1.29. The van der Waals surface area contributed by atoms with Gasteiger partial charge in [-0.25, -0.2) is 19.7 Å². The predicted molar refractivity (Wildman–Crippen MR) is 141 cm³/mol. The van der Waals surface area contributed by atoms with Gasteiger partial charge in [-0.05, 0) is 38.5 Å². The molecule has 2 bridgehead atoms. The van der Waals surface area contributed by atoms with E-state index in [1.807, 2.05) is 0 Å². The monoisotopic (exact) mass is 558 g/mol. The zero-order chi connectivity index (χ0) is 28.5. The summed E-state index contributed by atoms with van der Waals surface area (Å²) in [4.78, 5) is 30.2. The normalized spacial score (nSPS) is 16.6. The van der Waals surface area contributed by atoms with Crippen molar-refractivity contribution >= 4 is 23.2 Å². The first-order valence-corrected chi connectivity index (χ1v) is 12.8. The fourth-order valence-corrected chi connectivity index (χ4v) is 4.63. The smallest absolute Gasteiger partial charge is 0.416 e. The van der Waals surface area contributed by atoms with Crippen molar-refractivity contribution in [2.75, 3.05) is 41.4 Å². The minimum Gasteiger partial charge on any atom is -0.478 e. The SMILES string of the molecule is CC(C)(O)OCCCOc1ccc(NC(=O)N2c3nc(-c4cccc(C(F)(F)F)c4)ncc3N3CCC2C3)cn1. The number of fused-ring (bicyclic) bond motifs is 4. The van der Waals surface area contributed by atoms with E-state index in [2.05, 4.69) is 25.2 Å². The summed E-state index contributed by atoms with van der Waals surface area (Å²) in [5.74, 6) is -0.388. The largest absolute Gasteiger partial charge is 0.478 e. The highest BCUT2D eigenvalue weighted by atomic mass is 19.4. The van der Waals surface area contributed by atoms with Crippen molar-refractivity contribution in [1.29, 1.82) is 0 Å². The molecule has 2 amide bonds. The quantitative estimate of drug-likeness (QED) is 0.302. The van der Waals surface area contributed by atoms with E-state index in [0.29, 0.717) is 62.2 Å². The second-order valence-electron chi connectivity index (χ2n) is 10.1. The molecular weight excluding hydrogens is 529 g/mol. The zero-order valence-corrected chi connectivity index (χ0v) is 22.0. The molecule has 0 aliphatic carbocycles. The van der Waals surface area contributed by atoms with E-state index in [1.54, 1.807) is 37.1 Å². The van der Waals surface area contributed by atoms with Crippen LogP contribution in [0.1, 0.15) is 32.3 Å². The van der Waals surface area contributed by atoms with Crippen molar-refractivity contribution < 1.29 is 32.5 Å².